The van der Waals surface area contributed by atoms with E-state index >= 15 is 0 Å². The zero-order chi connectivity index (χ0) is 10.1. The van der Waals surface area contributed by atoms with E-state index < -0.39 is 12.4 Å². The molecule has 0 bridgehead atoms. The summed E-state index contributed by atoms with van der Waals surface area (Å²) in [6, 6.07) is 3.35. The van der Waals surface area contributed by atoms with Crippen molar-refractivity contribution < 1.29 is 69.1 Å². The summed E-state index contributed by atoms with van der Waals surface area (Å²) in [5, 5.41) is 0. The smallest absolute Gasteiger partial charge is 0.445 e. The molecule has 0 amide bonds. The van der Waals surface area contributed by atoms with Crippen LogP contribution in [-0.2, 0) is 0 Å². The van der Waals surface area contributed by atoms with Crippen molar-refractivity contribution in [2.24, 2.45) is 0 Å². The minimum Gasteiger partial charge on any atom is -0.445 e. The molecule has 6 heteroatoms. The zero-order valence-corrected chi connectivity index (χ0v) is 11.1. The number of rotatable bonds is 2. The Hall–Kier alpha value is 0.381. The standard InChI is InChI=1S/C8H7BF3O.K/c1-6-4-7(5-13)2-3-8(6)9(10,11)12;/h2-5H,1H3;/q-1;+1. The van der Waals surface area contributed by atoms with Gasteiger partial charge in [-0.3, -0.25) is 4.79 Å². The van der Waals surface area contributed by atoms with Crippen LogP contribution >= 0.6 is 0 Å². The second kappa shape index (κ2) is 5.46. The van der Waals surface area contributed by atoms with Crippen molar-refractivity contribution >= 4 is 18.7 Å². The Morgan fingerprint density at radius 2 is 1.86 bits per heavy atom. The molecule has 0 fully saturated rings. The quantitative estimate of drug-likeness (QED) is 0.460. The van der Waals surface area contributed by atoms with Gasteiger partial charge in [0.05, 0.1) is 0 Å². The number of hydrogen-bond acceptors (Lipinski definition) is 1. The number of hydrogen-bond donors (Lipinski definition) is 0. The van der Waals surface area contributed by atoms with E-state index in [2.05, 4.69) is 0 Å². The summed E-state index contributed by atoms with van der Waals surface area (Å²) in [5.74, 6) is 0. The van der Waals surface area contributed by atoms with Crippen LogP contribution in [0.15, 0.2) is 18.2 Å². The Morgan fingerprint density at radius 1 is 1.29 bits per heavy atom. The van der Waals surface area contributed by atoms with Crippen LogP contribution in [0.1, 0.15) is 15.9 Å². The van der Waals surface area contributed by atoms with Crippen LogP contribution in [0.3, 0.4) is 0 Å². The molecule has 1 rings (SSSR count). The van der Waals surface area contributed by atoms with Crippen LogP contribution in [0.4, 0.5) is 12.9 Å². The van der Waals surface area contributed by atoms with E-state index in [1.165, 1.54) is 19.1 Å². The van der Waals surface area contributed by atoms with Crippen LogP contribution in [0.5, 0.6) is 0 Å². The summed E-state index contributed by atoms with van der Waals surface area (Å²) in [6.07, 6.45) is 0.528. The largest absolute Gasteiger partial charge is 1.00 e. The first kappa shape index (κ1) is 14.4. The van der Waals surface area contributed by atoms with Crippen molar-refractivity contribution in [1.29, 1.82) is 0 Å². The molecule has 70 valence electrons. The van der Waals surface area contributed by atoms with Gasteiger partial charge in [-0.2, -0.15) is 0 Å². The summed E-state index contributed by atoms with van der Waals surface area (Å²) in [4.78, 5) is 10.2. The maximum absolute atomic E-state index is 12.3. The van der Waals surface area contributed by atoms with Gasteiger partial charge in [-0.25, -0.2) is 0 Å². The van der Waals surface area contributed by atoms with E-state index in [9.17, 15) is 17.7 Å². The molecule has 0 heterocycles. The molecular formula is C8H7BF3KO. The molecule has 0 spiro atoms. The second-order valence-corrected chi connectivity index (χ2v) is 2.81. The maximum Gasteiger partial charge on any atom is 1.00 e. The van der Waals surface area contributed by atoms with Gasteiger partial charge in [-0.1, -0.05) is 23.8 Å². The minimum atomic E-state index is -4.97. The molecule has 1 aromatic carbocycles. The predicted molar refractivity (Wildman–Crippen MR) is 45.3 cm³/mol. The molecule has 14 heavy (non-hydrogen) atoms. The first-order chi connectivity index (χ1) is 5.95. The summed E-state index contributed by atoms with van der Waals surface area (Å²) < 4.78 is 36.8. The van der Waals surface area contributed by atoms with Crippen molar-refractivity contribution in [3.63, 3.8) is 0 Å². The Kier molecular flexibility index (Phi) is 5.61. The van der Waals surface area contributed by atoms with Gasteiger partial charge >= 0.3 is 58.4 Å². The van der Waals surface area contributed by atoms with Gasteiger partial charge in [-0.05, 0) is 6.92 Å². The average Bonchev–Trinajstić information content (AvgIpc) is 2.01. The number of aryl methyl sites for hydroxylation is 1. The molecule has 0 atom stereocenters. The third-order valence-electron chi connectivity index (χ3n) is 1.78. The average molecular weight is 226 g/mol. The number of halogens is 3. The normalized spacial score (nSPS) is 10.6. The maximum atomic E-state index is 12.3. The molecule has 0 radical (unpaired) electrons. The van der Waals surface area contributed by atoms with E-state index in [1.807, 2.05) is 0 Å². The summed E-state index contributed by atoms with van der Waals surface area (Å²) in [6.45, 7) is -3.62. The molecule has 1 nitrogen and oxygen atoms in total. The molecule has 1 aromatic rings. The molecule has 0 aliphatic heterocycles. The van der Waals surface area contributed by atoms with Gasteiger partial charge in [-0.15, -0.1) is 5.46 Å². The van der Waals surface area contributed by atoms with Gasteiger partial charge in [0.1, 0.15) is 6.29 Å². The minimum absolute atomic E-state index is 0. The molecule has 0 unspecified atom stereocenters. The third kappa shape index (κ3) is 3.51. The molecule has 0 N–H and O–H groups in total. The zero-order valence-electron chi connectivity index (χ0n) is 7.93. The topological polar surface area (TPSA) is 17.1 Å². The number of aldehydes is 1. The first-order valence-corrected chi connectivity index (χ1v) is 3.71. The van der Waals surface area contributed by atoms with Crippen molar-refractivity contribution in [2.45, 2.75) is 6.92 Å². The van der Waals surface area contributed by atoms with Crippen molar-refractivity contribution in [2.75, 3.05) is 0 Å². The van der Waals surface area contributed by atoms with Gasteiger partial charge in [0.15, 0.2) is 0 Å². The van der Waals surface area contributed by atoms with Gasteiger partial charge < -0.3 is 12.9 Å². The van der Waals surface area contributed by atoms with Gasteiger partial charge in [0, 0.05) is 5.56 Å². The van der Waals surface area contributed by atoms with Crippen LogP contribution in [-0.4, -0.2) is 13.3 Å². The van der Waals surface area contributed by atoms with Gasteiger partial charge in [0.2, 0.25) is 0 Å². The molecule has 0 saturated carbocycles. The van der Waals surface area contributed by atoms with Crippen molar-refractivity contribution in [1.82, 2.24) is 0 Å². The predicted octanol–water partition coefficient (Wildman–Crippen LogP) is -1.13. The fourth-order valence-electron chi connectivity index (χ4n) is 1.14. The Labute approximate surface area is 123 Å². The Balaban J connectivity index is 0.00000169. The molecule has 0 aliphatic rings. The SMILES string of the molecule is Cc1cc(C=O)ccc1[B-](F)(F)F.[K+]. The number of benzene rings is 1. The summed E-state index contributed by atoms with van der Waals surface area (Å²) in [7, 11) is 0. The first-order valence-electron chi connectivity index (χ1n) is 3.71. The third-order valence-corrected chi connectivity index (χ3v) is 1.78. The second-order valence-electron chi connectivity index (χ2n) is 2.81. The summed E-state index contributed by atoms with van der Waals surface area (Å²) >= 11 is 0. The van der Waals surface area contributed by atoms with Crippen molar-refractivity contribution in [3.05, 3.63) is 29.3 Å². The van der Waals surface area contributed by atoms with Crippen LogP contribution < -0.4 is 56.8 Å². The molecular weight excluding hydrogens is 219 g/mol. The molecule has 0 saturated heterocycles. The molecule has 0 aliphatic carbocycles. The van der Waals surface area contributed by atoms with E-state index in [4.69, 9.17) is 0 Å². The van der Waals surface area contributed by atoms with Crippen LogP contribution in [0.25, 0.3) is 0 Å². The Morgan fingerprint density at radius 3 is 2.21 bits per heavy atom. The number of carbonyl (C=O) groups excluding carboxylic acids is 1. The van der Waals surface area contributed by atoms with Gasteiger partial charge in [0.25, 0.3) is 0 Å². The fourth-order valence-corrected chi connectivity index (χ4v) is 1.14. The fraction of sp³-hybridized carbons (Fsp3) is 0.125. The van der Waals surface area contributed by atoms with Crippen LogP contribution in [0.2, 0.25) is 0 Å². The monoisotopic (exact) mass is 226 g/mol. The van der Waals surface area contributed by atoms with E-state index in [1.54, 1.807) is 0 Å². The van der Waals surface area contributed by atoms with Crippen LogP contribution in [0, 0.1) is 6.92 Å². The van der Waals surface area contributed by atoms with E-state index in [0.717, 1.165) is 6.07 Å². The van der Waals surface area contributed by atoms with Crippen molar-refractivity contribution in [3.8, 4) is 0 Å². The number of carbonyl (C=O) groups is 1. The molecule has 0 aromatic heterocycles. The van der Waals surface area contributed by atoms with E-state index in [-0.39, 0.29) is 62.5 Å². The summed E-state index contributed by atoms with van der Waals surface area (Å²) in [5.41, 5.74) is -0.274. The Bertz CT molecular complexity index is 338. The van der Waals surface area contributed by atoms with E-state index in [0.29, 0.717) is 6.29 Å².